The van der Waals surface area contributed by atoms with Crippen molar-refractivity contribution in [3.63, 3.8) is 0 Å². The van der Waals surface area contributed by atoms with E-state index in [4.69, 9.17) is 11.6 Å². The smallest absolute Gasteiger partial charge is 0.141 e. The van der Waals surface area contributed by atoms with E-state index in [1.54, 1.807) is 24.5 Å². The zero-order valence-electron chi connectivity index (χ0n) is 9.68. The molecule has 94 valence electrons. The Balaban J connectivity index is 2.20. The van der Waals surface area contributed by atoms with Gasteiger partial charge in [-0.05, 0) is 30.2 Å². The Kier molecular flexibility index (Phi) is 3.81. The molecule has 5 N–H and O–H groups in total. The number of pyridine rings is 2. The van der Waals surface area contributed by atoms with Gasteiger partial charge in [0.25, 0.3) is 0 Å². The quantitative estimate of drug-likeness (QED) is 0.552. The minimum Gasteiger partial charge on any atom is -0.398 e. The van der Waals surface area contributed by atoms with Crippen LogP contribution < -0.4 is 17.0 Å². The Bertz CT molecular complexity index is 514. The first kappa shape index (κ1) is 12.4. The van der Waals surface area contributed by atoms with Crippen molar-refractivity contribution in [1.82, 2.24) is 15.4 Å². The van der Waals surface area contributed by atoms with E-state index in [0.717, 1.165) is 11.8 Å². The van der Waals surface area contributed by atoms with Gasteiger partial charge in [-0.3, -0.25) is 21.2 Å². The van der Waals surface area contributed by atoms with Gasteiger partial charge >= 0.3 is 0 Å². The van der Waals surface area contributed by atoms with Crippen molar-refractivity contribution >= 4 is 5.69 Å². The molecule has 0 aliphatic carbocycles. The van der Waals surface area contributed by atoms with Crippen LogP contribution in [0.15, 0.2) is 36.8 Å². The lowest BCUT2D eigenvalue weighted by Crippen LogP contribution is -2.30. The van der Waals surface area contributed by atoms with Crippen molar-refractivity contribution in [1.29, 1.82) is 0 Å². The molecule has 2 rings (SSSR count). The number of anilines is 1. The summed E-state index contributed by atoms with van der Waals surface area (Å²) in [5, 5.41) is 0. The molecule has 0 aliphatic heterocycles. The molecule has 1 unspecified atom stereocenters. The lowest BCUT2D eigenvalue weighted by molar-refractivity contribution is 0.533. The molecule has 0 aliphatic rings. The van der Waals surface area contributed by atoms with Crippen LogP contribution in [0.4, 0.5) is 10.1 Å². The molecule has 2 heterocycles. The number of hydrogen-bond donors (Lipinski definition) is 3. The fourth-order valence-electron chi connectivity index (χ4n) is 1.67. The van der Waals surface area contributed by atoms with Crippen molar-refractivity contribution in [2.24, 2.45) is 5.84 Å². The van der Waals surface area contributed by atoms with Gasteiger partial charge in [0, 0.05) is 18.1 Å². The molecule has 1 atom stereocenters. The predicted octanol–water partition coefficient (Wildman–Crippen LogP) is 0.945. The van der Waals surface area contributed by atoms with Crippen LogP contribution in [-0.2, 0) is 6.42 Å². The molecular weight excluding hydrogens is 233 g/mol. The maximum Gasteiger partial charge on any atom is 0.141 e. The third-order valence-corrected chi connectivity index (χ3v) is 2.67. The molecule has 6 heteroatoms. The molecule has 0 fully saturated rings. The second-order valence-corrected chi connectivity index (χ2v) is 3.90. The highest BCUT2D eigenvalue weighted by atomic mass is 19.1. The molecule has 0 saturated carbocycles. The highest BCUT2D eigenvalue weighted by Gasteiger charge is 2.13. The molecule has 2 aromatic heterocycles. The Morgan fingerprint density at radius 1 is 1.28 bits per heavy atom. The van der Waals surface area contributed by atoms with Gasteiger partial charge in [-0.2, -0.15) is 0 Å². The van der Waals surface area contributed by atoms with Gasteiger partial charge in [-0.15, -0.1) is 0 Å². The number of nitrogen functional groups attached to an aromatic ring is 1. The van der Waals surface area contributed by atoms with Gasteiger partial charge in [0.05, 0.1) is 17.9 Å². The molecule has 5 nitrogen and oxygen atoms in total. The average Bonchev–Trinajstić information content (AvgIpc) is 2.39. The number of nitrogens with one attached hydrogen (secondary N) is 1. The Labute approximate surface area is 104 Å². The summed E-state index contributed by atoms with van der Waals surface area (Å²) in [6.45, 7) is 0. The highest BCUT2D eigenvalue weighted by Crippen LogP contribution is 2.19. The van der Waals surface area contributed by atoms with Crippen molar-refractivity contribution in [2.75, 3.05) is 5.73 Å². The summed E-state index contributed by atoms with van der Waals surface area (Å²) in [7, 11) is 0. The SMILES string of the molecule is NNC(Cc1cnccc1N)c1ccc(F)cn1. The number of hydrogen-bond acceptors (Lipinski definition) is 5. The Hall–Kier alpha value is -2.05. The van der Waals surface area contributed by atoms with Gasteiger partial charge in [0.15, 0.2) is 0 Å². The molecule has 0 radical (unpaired) electrons. The largest absolute Gasteiger partial charge is 0.398 e. The summed E-state index contributed by atoms with van der Waals surface area (Å²) >= 11 is 0. The van der Waals surface area contributed by atoms with E-state index < -0.39 is 0 Å². The Morgan fingerprint density at radius 2 is 2.11 bits per heavy atom. The average molecular weight is 247 g/mol. The molecule has 0 saturated heterocycles. The lowest BCUT2D eigenvalue weighted by atomic mass is 10.0. The predicted molar refractivity (Wildman–Crippen MR) is 66.6 cm³/mol. The molecule has 0 bridgehead atoms. The van der Waals surface area contributed by atoms with E-state index in [0.29, 0.717) is 17.8 Å². The molecule has 0 spiro atoms. The number of aromatic nitrogens is 2. The lowest BCUT2D eigenvalue weighted by Gasteiger charge is -2.16. The van der Waals surface area contributed by atoms with Gasteiger partial charge in [-0.25, -0.2) is 4.39 Å². The summed E-state index contributed by atoms with van der Waals surface area (Å²) < 4.78 is 12.8. The van der Waals surface area contributed by atoms with Crippen LogP contribution in [0.5, 0.6) is 0 Å². The van der Waals surface area contributed by atoms with E-state index in [1.807, 2.05) is 0 Å². The van der Waals surface area contributed by atoms with Gasteiger partial charge in [-0.1, -0.05) is 0 Å². The molecule has 0 aromatic carbocycles. The molecule has 0 amide bonds. The normalized spacial score (nSPS) is 12.3. The number of nitrogens with zero attached hydrogens (tertiary/aromatic N) is 2. The van der Waals surface area contributed by atoms with E-state index in [1.165, 1.54) is 6.07 Å². The van der Waals surface area contributed by atoms with Crippen LogP contribution in [0.1, 0.15) is 17.3 Å². The zero-order valence-corrected chi connectivity index (χ0v) is 9.68. The minimum atomic E-state index is -0.379. The fraction of sp³-hybridized carbons (Fsp3) is 0.167. The van der Waals surface area contributed by atoms with Crippen LogP contribution in [0, 0.1) is 5.82 Å². The van der Waals surface area contributed by atoms with E-state index >= 15 is 0 Å². The maximum absolute atomic E-state index is 12.8. The first-order chi connectivity index (χ1) is 8.70. The molecule has 2 aromatic rings. The van der Waals surface area contributed by atoms with Crippen molar-refractivity contribution in [3.8, 4) is 0 Å². The number of rotatable bonds is 4. The number of halogens is 1. The van der Waals surface area contributed by atoms with Crippen LogP contribution in [-0.4, -0.2) is 9.97 Å². The first-order valence-corrected chi connectivity index (χ1v) is 5.46. The van der Waals surface area contributed by atoms with Crippen LogP contribution in [0.3, 0.4) is 0 Å². The summed E-state index contributed by atoms with van der Waals surface area (Å²) in [5.41, 5.74) is 10.6. The van der Waals surface area contributed by atoms with E-state index in [-0.39, 0.29) is 11.9 Å². The van der Waals surface area contributed by atoms with Crippen molar-refractivity contribution in [3.05, 3.63) is 53.9 Å². The summed E-state index contributed by atoms with van der Waals surface area (Å²) in [6, 6.07) is 4.42. The van der Waals surface area contributed by atoms with E-state index in [9.17, 15) is 4.39 Å². The van der Waals surface area contributed by atoms with Gasteiger partial charge < -0.3 is 5.73 Å². The Morgan fingerprint density at radius 3 is 2.72 bits per heavy atom. The van der Waals surface area contributed by atoms with E-state index in [2.05, 4.69) is 15.4 Å². The summed E-state index contributed by atoms with van der Waals surface area (Å²) in [5.74, 6) is 5.12. The van der Waals surface area contributed by atoms with Crippen LogP contribution in [0.25, 0.3) is 0 Å². The second-order valence-electron chi connectivity index (χ2n) is 3.90. The number of hydrazine groups is 1. The first-order valence-electron chi connectivity index (χ1n) is 5.46. The van der Waals surface area contributed by atoms with Gasteiger partial charge in [0.1, 0.15) is 5.82 Å². The monoisotopic (exact) mass is 247 g/mol. The van der Waals surface area contributed by atoms with Crippen molar-refractivity contribution < 1.29 is 4.39 Å². The summed E-state index contributed by atoms with van der Waals surface area (Å²) in [4.78, 5) is 8.01. The second kappa shape index (κ2) is 5.52. The zero-order chi connectivity index (χ0) is 13.0. The minimum absolute atomic E-state index is 0.239. The topological polar surface area (TPSA) is 89.8 Å². The fourth-order valence-corrected chi connectivity index (χ4v) is 1.67. The maximum atomic E-state index is 12.8. The third kappa shape index (κ3) is 2.79. The van der Waals surface area contributed by atoms with Gasteiger partial charge in [0.2, 0.25) is 0 Å². The summed E-state index contributed by atoms with van der Waals surface area (Å²) in [6.07, 6.45) is 5.00. The van der Waals surface area contributed by atoms with Crippen LogP contribution >= 0.6 is 0 Å². The van der Waals surface area contributed by atoms with Crippen LogP contribution in [0.2, 0.25) is 0 Å². The number of nitrogens with two attached hydrogens (primary N) is 2. The highest BCUT2D eigenvalue weighted by molar-refractivity contribution is 5.45. The standard InChI is InChI=1S/C12H14FN5/c13-9-1-2-11(17-7-9)12(18-15)5-8-6-16-4-3-10(8)14/h1-4,6-7,12,18H,5,15H2,(H2,14,16). The van der Waals surface area contributed by atoms with Crippen molar-refractivity contribution in [2.45, 2.75) is 12.5 Å². The third-order valence-electron chi connectivity index (χ3n) is 2.67. The molecular formula is C12H14FN5. The molecule has 18 heavy (non-hydrogen) atoms.